The molecule has 0 spiro atoms. The molecule has 4 rings (SSSR count). The van der Waals surface area contributed by atoms with Crippen LogP contribution in [0.4, 0.5) is 22.0 Å². The lowest BCUT2D eigenvalue weighted by Gasteiger charge is -2.11. The molecule has 0 saturated heterocycles. The van der Waals surface area contributed by atoms with E-state index < -0.39 is 23.4 Å². The van der Waals surface area contributed by atoms with Crippen LogP contribution in [0.25, 0.3) is 28.1 Å². The molecule has 0 amide bonds. The fraction of sp³-hybridized carbons (Fsp3) is 0.0455. The molecule has 0 aliphatic carbocycles. The average Bonchev–Trinajstić information content (AvgIpc) is 3.17. The van der Waals surface area contributed by atoms with Gasteiger partial charge in [-0.15, -0.1) is 0 Å². The average molecular weight is 400 g/mol. The van der Waals surface area contributed by atoms with E-state index in [2.05, 4.69) is 5.10 Å². The van der Waals surface area contributed by atoms with E-state index >= 15 is 0 Å². The molecule has 146 valence electrons. The highest BCUT2D eigenvalue weighted by molar-refractivity contribution is 5.72. The zero-order valence-corrected chi connectivity index (χ0v) is 14.8. The van der Waals surface area contributed by atoms with E-state index in [0.29, 0.717) is 22.4 Å². The lowest BCUT2D eigenvalue weighted by Crippen LogP contribution is -2.04. The van der Waals surface area contributed by atoms with Gasteiger partial charge in [0.15, 0.2) is 5.82 Å². The van der Waals surface area contributed by atoms with Gasteiger partial charge < -0.3 is 0 Å². The summed E-state index contributed by atoms with van der Waals surface area (Å²) < 4.78 is 67.1. The quantitative estimate of drug-likeness (QED) is 0.359. The molecule has 0 unspecified atom stereocenters. The van der Waals surface area contributed by atoms with Crippen molar-refractivity contribution in [3.8, 4) is 28.1 Å². The van der Waals surface area contributed by atoms with E-state index in [1.807, 2.05) is 0 Å². The van der Waals surface area contributed by atoms with Crippen molar-refractivity contribution in [1.29, 1.82) is 0 Å². The zero-order valence-electron chi connectivity index (χ0n) is 14.8. The number of hydrogen-bond donors (Lipinski definition) is 0. The summed E-state index contributed by atoms with van der Waals surface area (Å²) in [5.41, 5.74) is 1.92. The molecular formula is C22H13F5N2. The van der Waals surface area contributed by atoms with Crippen LogP contribution >= 0.6 is 0 Å². The smallest absolute Gasteiger partial charge is 0.230 e. The Morgan fingerprint density at radius 1 is 0.724 bits per heavy atom. The van der Waals surface area contributed by atoms with Crippen LogP contribution in [0.3, 0.4) is 0 Å². The van der Waals surface area contributed by atoms with Gasteiger partial charge >= 0.3 is 6.18 Å². The first-order chi connectivity index (χ1) is 13.8. The zero-order chi connectivity index (χ0) is 20.6. The third kappa shape index (κ3) is 3.76. The molecule has 0 fully saturated rings. The molecule has 0 saturated carbocycles. The Balaban J connectivity index is 1.73. The van der Waals surface area contributed by atoms with Crippen LogP contribution in [0, 0.1) is 11.6 Å². The van der Waals surface area contributed by atoms with Crippen molar-refractivity contribution in [2.24, 2.45) is 0 Å². The number of aromatic nitrogens is 2. The minimum absolute atomic E-state index is 0.0892. The number of halogens is 5. The minimum Gasteiger partial charge on any atom is -0.230 e. The van der Waals surface area contributed by atoms with Gasteiger partial charge in [0.25, 0.3) is 0 Å². The molecule has 0 bridgehead atoms. The van der Waals surface area contributed by atoms with Crippen LogP contribution in [0.2, 0.25) is 0 Å². The molecule has 0 atom stereocenters. The van der Waals surface area contributed by atoms with Gasteiger partial charge in [-0.1, -0.05) is 30.3 Å². The molecule has 0 aliphatic heterocycles. The Morgan fingerprint density at radius 3 is 2.14 bits per heavy atom. The standard InChI is InChI=1S/C22H13F5N2/c23-18-8-9-21(19(24)13-18)29-20(10-11-28-29)16-3-1-2-15(12-16)14-4-6-17(7-5-14)22(25,26)27/h1-13H. The summed E-state index contributed by atoms with van der Waals surface area (Å²) in [5, 5.41) is 4.12. The Hall–Kier alpha value is -3.48. The van der Waals surface area contributed by atoms with Gasteiger partial charge in [0.05, 0.1) is 17.5 Å². The van der Waals surface area contributed by atoms with Crippen molar-refractivity contribution in [2.75, 3.05) is 0 Å². The van der Waals surface area contributed by atoms with Gasteiger partial charge in [0.1, 0.15) is 11.5 Å². The van der Waals surface area contributed by atoms with Crippen LogP contribution in [0.5, 0.6) is 0 Å². The second-order valence-corrected chi connectivity index (χ2v) is 6.38. The van der Waals surface area contributed by atoms with E-state index in [1.54, 1.807) is 30.3 Å². The van der Waals surface area contributed by atoms with E-state index in [-0.39, 0.29) is 5.69 Å². The maximum atomic E-state index is 14.2. The number of nitrogens with zero attached hydrogens (tertiary/aromatic N) is 2. The van der Waals surface area contributed by atoms with Crippen LogP contribution in [-0.2, 0) is 6.18 Å². The summed E-state index contributed by atoms with van der Waals surface area (Å²) in [4.78, 5) is 0. The molecule has 4 aromatic rings. The molecule has 7 heteroatoms. The van der Waals surface area contributed by atoms with Crippen LogP contribution in [0.15, 0.2) is 79.0 Å². The van der Waals surface area contributed by atoms with Gasteiger partial charge in [0.2, 0.25) is 0 Å². The molecule has 1 aromatic heterocycles. The van der Waals surface area contributed by atoms with E-state index in [9.17, 15) is 22.0 Å². The predicted molar refractivity (Wildman–Crippen MR) is 99.4 cm³/mol. The van der Waals surface area contributed by atoms with Crippen molar-refractivity contribution < 1.29 is 22.0 Å². The second kappa shape index (κ2) is 7.16. The normalized spacial score (nSPS) is 11.6. The van der Waals surface area contributed by atoms with Crippen molar-refractivity contribution in [3.05, 3.63) is 96.2 Å². The summed E-state index contributed by atoms with van der Waals surface area (Å²) in [5.74, 6) is -1.45. The van der Waals surface area contributed by atoms with Crippen molar-refractivity contribution >= 4 is 0 Å². The summed E-state index contributed by atoms with van der Waals surface area (Å²) in [6.07, 6.45) is -2.91. The van der Waals surface area contributed by atoms with E-state index in [0.717, 1.165) is 24.3 Å². The number of benzene rings is 3. The fourth-order valence-corrected chi connectivity index (χ4v) is 3.08. The summed E-state index contributed by atoms with van der Waals surface area (Å²) >= 11 is 0. The first-order valence-corrected chi connectivity index (χ1v) is 8.60. The third-order valence-corrected chi connectivity index (χ3v) is 4.48. The van der Waals surface area contributed by atoms with Crippen LogP contribution in [0.1, 0.15) is 5.56 Å². The van der Waals surface area contributed by atoms with Gasteiger partial charge in [-0.3, -0.25) is 0 Å². The Labute approximate surface area is 162 Å². The Bertz CT molecular complexity index is 1160. The molecule has 1 heterocycles. The maximum absolute atomic E-state index is 14.2. The van der Waals surface area contributed by atoms with E-state index in [4.69, 9.17) is 0 Å². The highest BCUT2D eigenvalue weighted by atomic mass is 19.4. The lowest BCUT2D eigenvalue weighted by molar-refractivity contribution is -0.137. The van der Waals surface area contributed by atoms with Crippen molar-refractivity contribution in [2.45, 2.75) is 6.18 Å². The largest absolute Gasteiger partial charge is 0.416 e. The molecule has 0 radical (unpaired) electrons. The van der Waals surface area contributed by atoms with Gasteiger partial charge in [-0.2, -0.15) is 18.3 Å². The fourth-order valence-electron chi connectivity index (χ4n) is 3.08. The van der Waals surface area contributed by atoms with Crippen molar-refractivity contribution in [3.63, 3.8) is 0 Å². The summed E-state index contributed by atoms with van der Waals surface area (Å²) in [7, 11) is 0. The molecule has 2 nitrogen and oxygen atoms in total. The number of hydrogen-bond acceptors (Lipinski definition) is 1. The molecule has 29 heavy (non-hydrogen) atoms. The molecule has 3 aromatic carbocycles. The monoisotopic (exact) mass is 400 g/mol. The maximum Gasteiger partial charge on any atom is 0.416 e. The Kier molecular flexibility index (Phi) is 4.66. The third-order valence-electron chi connectivity index (χ3n) is 4.48. The minimum atomic E-state index is -4.40. The predicted octanol–water partition coefficient (Wildman–Crippen LogP) is 6.50. The first kappa shape index (κ1) is 18.9. The summed E-state index contributed by atoms with van der Waals surface area (Å²) in [6, 6.07) is 16.8. The second-order valence-electron chi connectivity index (χ2n) is 6.38. The van der Waals surface area contributed by atoms with Crippen LogP contribution < -0.4 is 0 Å². The topological polar surface area (TPSA) is 17.8 Å². The number of rotatable bonds is 3. The lowest BCUT2D eigenvalue weighted by atomic mass is 10.0. The van der Waals surface area contributed by atoms with Gasteiger partial charge in [-0.05, 0) is 47.5 Å². The van der Waals surface area contributed by atoms with Gasteiger partial charge in [-0.25, -0.2) is 13.5 Å². The summed E-state index contributed by atoms with van der Waals surface area (Å²) in [6.45, 7) is 0. The van der Waals surface area contributed by atoms with E-state index in [1.165, 1.54) is 29.1 Å². The van der Waals surface area contributed by atoms with Crippen molar-refractivity contribution in [1.82, 2.24) is 9.78 Å². The highest BCUT2D eigenvalue weighted by Crippen LogP contribution is 2.32. The first-order valence-electron chi connectivity index (χ1n) is 8.60. The highest BCUT2D eigenvalue weighted by Gasteiger charge is 2.30. The molecular weight excluding hydrogens is 387 g/mol. The Morgan fingerprint density at radius 2 is 1.45 bits per heavy atom. The SMILES string of the molecule is Fc1ccc(-n2nccc2-c2cccc(-c3ccc(C(F)(F)F)cc3)c2)c(F)c1. The van der Waals surface area contributed by atoms with Gasteiger partial charge in [0, 0.05) is 11.6 Å². The van der Waals surface area contributed by atoms with Crippen LogP contribution in [-0.4, -0.2) is 9.78 Å². The molecule has 0 N–H and O–H groups in total. The number of alkyl halides is 3. The molecule has 0 aliphatic rings.